The SMILES string of the molecule is CCN(CCNC1CCS(=O)(=O)C1)C1CCCCC1. The smallest absolute Gasteiger partial charge is 0.151 e. The summed E-state index contributed by atoms with van der Waals surface area (Å²) in [5.74, 6) is 0.702. The molecule has 5 heteroatoms. The van der Waals surface area contributed by atoms with E-state index < -0.39 is 9.84 Å². The minimum absolute atomic E-state index is 0.190. The first-order chi connectivity index (χ1) is 9.11. The number of likely N-dealkylation sites (N-methyl/N-ethyl adjacent to an activating group) is 1. The first kappa shape index (κ1) is 15.3. The fraction of sp³-hybridized carbons (Fsp3) is 1.00. The van der Waals surface area contributed by atoms with E-state index in [4.69, 9.17) is 0 Å². The monoisotopic (exact) mass is 288 g/mol. The van der Waals surface area contributed by atoms with Crippen LogP contribution in [0.15, 0.2) is 0 Å². The zero-order valence-electron chi connectivity index (χ0n) is 12.1. The zero-order valence-corrected chi connectivity index (χ0v) is 12.9. The molecular formula is C14H28N2O2S. The highest BCUT2D eigenvalue weighted by Crippen LogP contribution is 2.22. The summed E-state index contributed by atoms with van der Waals surface area (Å²) in [6.07, 6.45) is 7.60. The molecule has 112 valence electrons. The number of rotatable bonds is 6. The van der Waals surface area contributed by atoms with E-state index in [-0.39, 0.29) is 6.04 Å². The Morgan fingerprint density at radius 3 is 2.47 bits per heavy atom. The molecule has 2 fully saturated rings. The number of hydrogen-bond acceptors (Lipinski definition) is 4. The van der Waals surface area contributed by atoms with E-state index in [1.807, 2.05) is 0 Å². The van der Waals surface area contributed by atoms with Crippen molar-refractivity contribution in [1.82, 2.24) is 10.2 Å². The summed E-state index contributed by atoms with van der Waals surface area (Å²) in [5.41, 5.74) is 0. The second-order valence-corrected chi connectivity index (χ2v) is 8.20. The van der Waals surface area contributed by atoms with Gasteiger partial charge in [-0.2, -0.15) is 0 Å². The Balaban J connectivity index is 1.68. The molecule has 1 atom stereocenters. The van der Waals surface area contributed by atoms with Crippen LogP contribution in [0.2, 0.25) is 0 Å². The van der Waals surface area contributed by atoms with Crippen molar-refractivity contribution in [2.75, 3.05) is 31.1 Å². The number of sulfone groups is 1. The van der Waals surface area contributed by atoms with Gasteiger partial charge in [0, 0.05) is 25.2 Å². The molecule has 0 amide bonds. The highest BCUT2D eigenvalue weighted by molar-refractivity contribution is 7.91. The van der Waals surface area contributed by atoms with Gasteiger partial charge in [-0.05, 0) is 25.8 Å². The highest BCUT2D eigenvalue weighted by atomic mass is 32.2. The fourth-order valence-electron chi connectivity index (χ4n) is 3.41. The molecular weight excluding hydrogens is 260 g/mol. The number of hydrogen-bond donors (Lipinski definition) is 1. The van der Waals surface area contributed by atoms with Gasteiger partial charge in [-0.15, -0.1) is 0 Å². The normalized spacial score (nSPS) is 28.0. The van der Waals surface area contributed by atoms with Gasteiger partial charge in [0.2, 0.25) is 0 Å². The van der Waals surface area contributed by atoms with E-state index in [2.05, 4.69) is 17.1 Å². The van der Waals surface area contributed by atoms with Crippen LogP contribution in [-0.2, 0) is 9.84 Å². The molecule has 0 aromatic rings. The Morgan fingerprint density at radius 1 is 1.16 bits per heavy atom. The Kier molecular flexibility index (Phi) is 5.66. The maximum Gasteiger partial charge on any atom is 0.151 e. The van der Waals surface area contributed by atoms with E-state index in [0.29, 0.717) is 11.5 Å². The predicted molar refractivity (Wildman–Crippen MR) is 79.2 cm³/mol. The van der Waals surface area contributed by atoms with Crippen LogP contribution >= 0.6 is 0 Å². The molecule has 0 spiro atoms. The summed E-state index contributed by atoms with van der Waals surface area (Å²) in [6, 6.07) is 0.947. The summed E-state index contributed by atoms with van der Waals surface area (Å²) >= 11 is 0. The molecule has 1 unspecified atom stereocenters. The maximum atomic E-state index is 11.4. The first-order valence-electron chi connectivity index (χ1n) is 7.78. The standard InChI is InChI=1S/C14H28N2O2S/c1-2-16(14-6-4-3-5-7-14)10-9-15-13-8-11-19(17,18)12-13/h13-15H,2-12H2,1H3. The number of nitrogens with zero attached hydrogens (tertiary/aromatic N) is 1. The van der Waals surface area contributed by atoms with Crippen molar-refractivity contribution in [3.63, 3.8) is 0 Å². The van der Waals surface area contributed by atoms with Gasteiger partial charge in [0.05, 0.1) is 11.5 Å². The molecule has 1 saturated carbocycles. The average molecular weight is 288 g/mol. The van der Waals surface area contributed by atoms with Crippen LogP contribution in [0.4, 0.5) is 0 Å². The van der Waals surface area contributed by atoms with Crippen LogP contribution in [0.5, 0.6) is 0 Å². The second kappa shape index (κ2) is 7.04. The summed E-state index contributed by atoms with van der Waals surface area (Å²) in [4.78, 5) is 2.57. The van der Waals surface area contributed by atoms with Gasteiger partial charge in [0.1, 0.15) is 0 Å². The Hall–Kier alpha value is -0.130. The van der Waals surface area contributed by atoms with Crippen LogP contribution in [0.3, 0.4) is 0 Å². The molecule has 0 aromatic heterocycles. The van der Waals surface area contributed by atoms with Crippen LogP contribution in [0, 0.1) is 0 Å². The van der Waals surface area contributed by atoms with Gasteiger partial charge in [-0.3, -0.25) is 4.90 Å². The van der Waals surface area contributed by atoms with Crippen LogP contribution in [0.25, 0.3) is 0 Å². The van der Waals surface area contributed by atoms with Gasteiger partial charge in [0.25, 0.3) is 0 Å². The molecule has 0 bridgehead atoms. The molecule has 1 heterocycles. The van der Waals surface area contributed by atoms with Crippen molar-refractivity contribution in [2.24, 2.45) is 0 Å². The third kappa shape index (κ3) is 4.72. The third-order valence-corrected chi connectivity index (χ3v) is 6.33. The number of nitrogens with one attached hydrogen (secondary N) is 1. The van der Waals surface area contributed by atoms with Crippen molar-refractivity contribution in [3.8, 4) is 0 Å². The lowest BCUT2D eigenvalue weighted by Gasteiger charge is -2.33. The zero-order chi connectivity index (χ0) is 13.7. The molecule has 2 aliphatic rings. The molecule has 1 N–H and O–H groups in total. The highest BCUT2D eigenvalue weighted by Gasteiger charge is 2.27. The molecule has 4 nitrogen and oxygen atoms in total. The Morgan fingerprint density at radius 2 is 1.89 bits per heavy atom. The molecule has 1 saturated heterocycles. The Bertz CT molecular complexity index is 364. The third-order valence-electron chi connectivity index (χ3n) is 4.56. The fourth-order valence-corrected chi connectivity index (χ4v) is 5.12. The minimum Gasteiger partial charge on any atom is -0.312 e. The predicted octanol–water partition coefficient (Wildman–Crippen LogP) is 1.42. The molecule has 0 aromatic carbocycles. The van der Waals surface area contributed by atoms with Crippen molar-refractivity contribution < 1.29 is 8.42 Å². The van der Waals surface area contributed by atoms with E-state index >= 15 is 0 Å². The lowest BCUT2D eigenvalue weighted by molar-refractivity contribution is 0.163. The quantitative estimate of drug-likeness (QED) is 0.803. The van der Waals surface area contributed by atoms with Crippen LogP contribution in [-0.4, -0.2) is 56.5 Å². The lowest BCUT2D eigenvalue weighted by atomic mass is 9.94. The van der Waals surface area contributed by atoms with E-state index in [1.165, 1.54) is 32.1 Å². The van der Waals surface area contributed by atoms with Gasteiger partial charge in [-0.25, -0.2) is 8.42 Å². The minimum atomic E-state index is -2.75. The van der Waals surface area contributed by atoms with Gasteiger partial charge in [-0.1, -0.05) is 26.2 Å². The average Bonchev–Trinajstić information content (AvgIpc) is 2.75. The van der Waals surface area contributed by atoms with Crippen molar-refractivity contribution >= 4 is 9.84 Å². The van der Waals surface area contributed by atoms with Crippen LogP contribution < -0.4 is 5.32 Å². The summed E-state index contributed by atoms with van der Waals surface area (Å²) < 4.78 is 22.8. The van der Waals surface area contributed by atoms with E-state index in [1.54, 1.807) is 0 Å². The van der Waals surface area contributed by atoms with Gasteiger partial charge >= 0.3 is 0 Å². The lowest BCUT2D eigenvalue weighted by Crippen LogP contribution is -2.43. The molecule has 19 heavy (non-hydrogen) atoms. The summed E-state index contributed by atoms with van der Waals surface area (Å²) in [7, 11) is -2.75. The van der Waals surface area contributed by atoms with E-state index in [0.717, 1.165) is 32.1 Å². The topological polar surface area (TPSA) is 49.4 Å². The molecule has 1 aliphatic carbocycles. The maximum absolute atomic E-state index is 11.4. The Labute approximate surface area is 117 Å². The largest absolute Gasteiger partial charge is 0.312 e. The molecule has 0 radical (unpaired) electrons. The van der Waals surface area contributed by atoms with E-state index in [9.17, 15) is 8.42 Å². The van der Waals surface area contributed by atoms with Crippen molar-refractivity contribution in [2.45, 2.75) is 57.5 Å². The second-order valence-electron chi connectivity index (χ2n) is 5.97. The summed E-state index contributed by atoms with van der Waals surface area (Å²) in [6.45, 7) is 5.31. The summed E-state index contributed by atoms with van der Waals surface area (Å²) in [5, 5.41) is 3.42. The molecule has 1 aliphatic heterocycles. The van der Waals surface area contributed by atoms with Gasteiger partial charge < -0.3 is 5.32 Å². The first-order valence-corrected chi connectivity index (χ1v) is 9.61. The molecule has 2 rings (SSSR count). The van der Waals surface area contributed by atoms with Crippen molar-refractivity contribution in [1.29, 1.82) is 0 Å². The van der Waals surface area contributed by atoms with Gasteiger partial charge in [0.15, 0.2) is 9.84 Å². The van der Waals surface area contributed by atoms with Crippen LogP contribution in [0.1, 0.15) is 45.4 Å². The van der Waals surface area contributed by atoms with Crippen molar-refractivity contribution in [3.05, 3.63) is 0 Å².